The van der Waals surface area contributed by atoms with E-state index in [1.807, 2.05) is 16.5 Å². The molecule has 4 saturated carbocycles. The Morgan fingerprint density at radius 2 is 1.97 bits per heavy atom. The number of carbonyl (C=O) groups is 2. The van der Waals surface area contributed by atoms with E-state index in [1.54, 1.807) is 12.1 Å². The minimum Gasteiger partial charge on any atom is -0.481 e. The van der Waals surface area contributed by atoms with E-state index in [9.17, 15) is 19.1 Å². The third-order valence-electron chi connectivity index (χ3n) is 9.36. The summed E-state index contributed by atoms with van der Waals surface area (Å²) in [7, 11) is 0. The first-order valence-electron chi connectivity index (χ1n) is 12.7. The SMILES string of the molecule is Cc1nn(Cc2ccc(Cl)cc2F)c2c1CCN(C(=O)CC1C3CC4CC1CC(C(=O)O)(C4)C3)C2. The Labute approximate surface area is 209 Å². The fourth-order valence-electron chi connectivity index (χ4n) is 7.89. The molecule has 4 fully saturated rings. The molecule has 2 aromatic rings. The number of nitrogens with zero attached hydrogens (tertiary/aromatic N) is 3. The number of carboxylic acid groups (broad SMARTS) is 1. The number of rotatable bonds is 5. The van der Waals surface area contributed by atoms with Gasteiger partial charge in [-0.15, -0.1) is 0 Å². The zero-order valence-corrected chi connectivity index (χ0v) is 20.7. The number of hydrogen-bond acceptors (Lipinski definition) is 3. The van der Waals surface area contributed by atoms with Gasteiger partial charge in [0.1, 0.15) is 5.82 Å². The van der Waals surface area contributed by atoms with Gasteiger partial charge < -0.3 is 10.0 Å². The lowest BCUT2D eigenvalue weighted by atomic mass is 9.45. The van der Waals surface area contributed by atoms with Gasteiger partial charge in [-0.2, -0.15) is 5.10 Å². The van der Waals surface area contributed by atoms with Crippen LogP contribution < -0.4 is 0 Å². The van der Waals surface area contributed by atoms with Crippen molar-refractivity contribution in [2.45, 2.75) is 65.0 Å². The highest BCUT2D eigenvalue weighted by atomic mass is 35.5. The summed E-state index contributed by atoms with van der Waals surface area (Å²) in [6.07, 6.45) is 5.69. The Balaban J connectivity index is 1.17. The monoisotopic (exact) mass is 499 g/mol. The van der Waals surface area contributed by atoms with Crippen LogP contribution in [0, 0.1) is 41.8 Å². The summed E-state index contributed by atoms with van der Waals surface area (Å²) in [5.41, 5.74) is 3.04. The average Bonchev–Trinajstić information content (AvgIpc) is 3.12. The quantitative estimate of drug-likeness (QED) is 0.639. The van der Waals surface area contributed by atoms with Gasteiger partial charge >= 0.3 is 5.97 Å². The van der Waals surface area contributed by atoms with Crippen molar-refractivity contribution in [3.8, 4) is 0 Å². The highest BCUT2D eigenvalue weighted by molar-refractivity contribution is 6.30. The normalized spacial score (nSPS) is 31.0. The molecule has 2 heterocycles. The summed E-state index contributed by atoms with van der Waals surface area (Å²) < 4.78 is 16.3. The predicted octanol–water partition coefficient (Wildman–Crippen LogP) is 4.83. The van der Waals surface area contributed by atoms with E-state index in [2.05, 4.69) is 5.10 Å². The van der Waals surface area contributed by atoms with Crippen molar-refractivity contribution in [2.24, 2.45) is 29.1 Å². The Bertz CT molecular complexity index is 1190. The van der Waals surface area contributed by atoms with Gasteiger partial charge in [0.25, 0.3) is 0 Å². The van der Waals surface area contributed by atoms with Crippen LogP contribution in [0.25, 0.3) is 0 Å². The molecule has 1 aliphatic heterocycles. The molecule has 2 unspecified atom stereocenters. The maximum Gasteiger partial charge on any atom is 0.309 e. The number of carbonyl (C=O) groups excluding carboxylic acids is 1. The molecule has 5 aliphatic rings. The number of amides is 1. The van der Waals surface area contributed by atoms with Crippen LogP contribution in [-0.2, 0) is 29.1 Å². The second kappa shape index (κ2) is 8.32. The van der Waals surface area contributed by atoms with Crippen molar-refractivity contribution in [1.82, 2.24) is 14.7 Å². The van der Waals surface area contributed by atoms with Crippen LogP contribution in [0.1, 0.15) is 61.0 Å². The third-order valence-corrected chi connectivity index (χ3v) is 9.60. The molecule has 2 atom stereocenters. The first-order chi connectivity index (χ1) is 16.7. The van der Waals surface area contributed by atoms with Gasteiger partial charge in [0.2, 0.25) is 5.91 Å². The van der Waals surface area contributed by atoms with Crippen LogP contribution in [0.15, 0.2) is 18.2 Å². The smallest absolute Gasteiger partial charge is 0.309 e. The van der Waals surface area contributed by atoms with Crippen molar-refractivity contribution < 1.29 is 19.1 Å². The van der Waals surface area contributed by atoms with Gasteiger partial charge in [-0.25, -0.2) is 4.39 Å². The predicted molar refractivity (Wildman–Crippen MR) is 128 cm³/mol. The second-order valence-electron chi connectivity index (χ2n) is 11.4. The van der Waals surface area contributed by atoms with Gasteiger partial charge in [-0.05, 0) is 86.8 Å². The van der Waals surface area contributed by atoms with E-state index in [0.717, 1.165) is 55.5 Å². The number of aryl methyl sites for hydroxylation is 1. The largest absolute Gasteiger partial charge is 0.481 e. The summed E-state index contributed by atoms with van der Waals surface area (Å²) in [5, 5.41) is 14.9. The lowest BCUT2D eigenvalue weighted by Crippen LogP contribution is -2.54. The molecule has 1 N–H and O–H groups in total. The first-order valence-corrected chi connectivity index (χ1v) is 13.1. The Hall–Kier alpha value is -2.41. The van der Waals surface area contributed by atoms with Crippen molar-refractivity contribution in [2.75, 3.05) is 6.54 Å². The Kier molecular flexibility index (Phi) is 5.47. The number of hydrogen-bond donors (Lipinski definition) is 1. The molecule has 35 heavy (non-hydrogen) atoms. The van der Waals surface area contributed by atoms with E-state index in [4.69, 9.17) is 11.6 Å². The maximum atomic E-state index is 14.4. The molecule has 0 spiro atoms. The van der Waals surface area contributed by atoms with E-state index in [0.29, 0.717) is 60.3 Å². The maximum absolute atomic E-state index is 14.4. The molecule has 186 valence electrons. The molecule has 0 saturated heterocycles. The van der Waals surface area contributed by atoms with Gasteiger partial charge in [-0.3, -0.25) is 14.3 Å². The van der Waals surface area contributed by atoms with Crippen molar-refractivity contribution in [3.05, 3.63) is 51.6 Å². The van der Waals surface area contributed by atoms with Gasteiger partial charge in [0.15, 0.2) is 0 Å². The topological polar surface area (TPSA) is 75.4 Å². The van der Waals surface area contributed by atoms with Crippen LogP contribution in [0.5, 0.6) is 0 Å². The molecule has 1 amide bonds. The number of fused-ring (bicyclic) bond motifs is 1. The standard InChI is InChI=1S/C27H31ClFN3O3/c1-15-21-4-5-31(14-24(21)32(30-15)13-17-2-3-20(28)8-23(17)29)25(33)9-22-18-6-16-7-19(22)12-27(10-16,11-18)26(34)35/h2-3,8,16,18-19,22H,4-7,9-14H2,1H3,(H,34,35). The zero-order chi connectivity index (χ0) is 24.5. The summed E-state index contributed by atoms with van der Waals surface area (Å²) in [6, 6.07) is 4.68. The Morgan fingerprint density at radius 3 is 2.66 bits per heavy atom. The average molecular weight is 500 g/mol. The van der Waals surface area contributed by atoms with E-state index >= 15 is 0 Å². The lowest BCUT2D eigenvalue weighted by molar-refractivity contribution is -0.172. The van der Waals surface area contributed by atoms with Crippen LogP contribution in [0.3, 0.4) is 0 Å². The van der Waals surface area contributed by atoms with E-state index in [1.165, 1.54) is 6.07 Å². The third kappa shape index (κ3) is 3.87. The highest BCUT2D eigenvalue weighted by Gasteiger charge is 2.58. The molecule has 7 rings (SSSR count). The number of halogens is 2. The molecule has 0 radical (unpaired) electrons. The highest BCUT2D eigenvalue weighted by Crippen LogP contribution is 2.63. The molecule has 1 aromatic carbocycles. The molecule has 8 heteroatoms. The fraction of sp³-hybridized carbons (Fsp3) is 0.593. The molecule has 6 nitrogen and oxygen atoms in total. The molecule has 1 aromatic heterocycles. The minimum atomic E-state index is -0.633. The van der Waals surface area contributed by atoms with Crippen molar-refractivity contribution in [3.63, 3.8) is 0 Å². The van der Waals surface area contributed by atoms with E-state index in [-0.39, 0.29) is 11.7 Å². The number of aromatic nitrogens is 2. The van der Waals surface area contributed by atoms with Crippen LogP contribution in [-0.4, -0.2) is 38.2 Å². The number of benzene rings is 1. The molecule has 4 aliphatic carbocycles. The minimum absolute atomic E-state index is 0.153. The van der Waals surface area contributed by atoms with Gasteiger partial charge in [-0.1, -0.05) is 17.7 Å². The van der Waals surface area contributed by atoms with Gasteiger partial charge in [0, 0.05) is 23.6 Å². The molecular weight excluding hydrogens is 469 g/mol. The van der Waals surface area contributed by atoms with Gasteiger partial charge in [0.05, 0.1) is 29.9 Å². The first kappa shape index (κ1) is 23.0. The summed E-state index contributed by atoms with van der Waals surface area (Å²) >= 11 is 5.91. The summed E-state index contributed by atoms with van der Waals surface area (Å²) in [5.74, 6) is 0.668. The molecular formula is C27H31ClFN3O3. The van der Waals surface area contributed by atoms with Crippen LogP contribution >= 0.6 is 11.6 Å². The molecule has 4 bridgehead atoms. The zero-order valence-electron chi connectivity index (χ0n) is 20.0. The number of carboxylic acids is 1. The second-order valence-corrected chi connectivity index (χ2v) is 11.8. The van der Waals surface area contributed by atoms with E-state index < -0.39 is 11.4 Å². The van der Waals surface area contributed by atoms with Crippen LogP contribution in [0.4, 0.5) is 4.39 Å². The van der Waals surface area contributed by atoms with Crippen molar-refractivity contribution >= 4 is 23.5 Å². The van der Waals surface area contributed by atoms with Crippen molar-refractivity contribution in [1.29, 1.82) is 0 Å². The van der Waals surface area contributed by atoms with Crippen LogP contribution in [0.2, 0.25) is 5.02 Å². The number of aliphatic carboxylic acids is 1. The Morgan fingerprint density at radius 1 is 1.23 bits per heavy atom. The fourth-order valence-corrected chi connectivity index (χ4v) is 8.04. The lowest BCUT2D eigenvalue weighted by Gasteiger charge is -2.58. The summed E-state index contributed by atoms with van der Waals surface area (Å²) in [6.45, 7) is 3.41. The summed E-state index contributed by atoms with van der Waals surface area (Å²) in [4.78, 5) is 27.4.